The number of carbonyl (C=O) groups excluding carboxylic acids is 1. The lowest BCUT2D eigenvalue weighted by Crippen LogP contribution is -2.52. The van der Waals surface area contributed by atoms with Gasteiger partial charge in [-0.3, -0.25) is 10.6 Å². The van der Waals surface area contributed by atoms with Crippen molar-refractivity contribution in [1.29, 1.82) is 0 Å². The Balaban J connectivity index is 1.83. The molecule has 1 aromatic rings. The molecule has 0 aliphatic carbocycles. The van der Waals surface area contributed by atoms with Gasteiger partial charge in [0.15, 0.2) is 6.61 Å². The molecular weight excluding hydrogens is 254 g/mol. The minimum absolute atomic E-state index is 0.00824. The predicted molar refractivity (Wildman–Crippen MR) is 69.3 cm³/mol. The maximum atomic E-state index is 11.9. The van der Waals surface area contributed by atoms with Gasteiger partial charge in [-0.25, -0.2) is 5.01 Å². The highest BCUT2D eigenvalue weighted by Gasteiger charge is 2.19. The standard InChI is InChI=1S/C12H16ClN3O2/c13-10-3-1-2-4-11(10)18-9-12(17)15-5-7-16(14)8-6-15/h1-4H,5-9,14H2. The number of hydrogen-bond donors (Lipinski definition) is 1. The number of carbonyl (C=O) groups is 1. The third kappa shape index (κ3) is 3.35. The summed E-state index contributed by atoms with van der Waals surface area (Å²) in [7, 11) is 0. The molecule has 0 bridgehead atoms. The first-order chi connectivity index (χ1) is 8.66. The van der Waals surface area contributed by atoms with E-state index in [0.29, 0.717) is 37.0 Å². The van der Waals surface area contributed by atoms with Gasteiger partial charge in [-0.1, -0.05) is 23.7 Å². The van der Waals surface area contributed by atoms with Crippen LogP contribution in [0.3, 0.4) is 0 Å². The summed E-state index contributed by atoms with van der Waals surface area (Å²) in [5.74, 6) is 6.12. The summed E-state index contributed by atoms with van der Waals surface area (Å²) in [6.07, 6.45) is 0. The van der Waals surface area contributed by atoms with Crippen molar-refractivity contribution >= 4 is 17.5 Å². The summed E-state index contributed by atoms with van der Waals surface area (Å²) in [6.45, 7) is 2.67. The lowest BCUT2D eigenvalue weighted by molar-refractivity contribution is -0.135. The fraction of sp³-hybridized carbons (Fsp3) is 0.417. The first-order valence-corrected chi connectivity index (χ1v) is 6.19. The Bertz CT molecular complexity index is 420. The van der Waals surface area contributed by atoms with E-state index in [1.54, 1.807) is 22.0 Å². The molecule has 2 rings (SSSR count). The van der Waals surface area contributed by atoms with Crippen molar-refractivity contribution in [1.82, 2.24) is 9.91 Å². The molecule has 1 heterocycles. The normalized spacial score (nSPS) is 16.7. The second-order valence-corrected chi connectivity index (χ2v) is 4.54. The van der Waals surface area contributed by atoms with E-state index >= 15 is 0 Å². The largest absolute Gasteiger partial charge is 0.482 e. The number of benzene rings is 1. The van der Waals surface area contributed by atoms with Crippen LogP contribution in [-0.4, -0.2) is 48.6 Å². The van der Waals surface area contributed by atoms with Gasteiger partial charge in [0.1, 0.15) is 5.75 Å². The molecule has 98 valence electrons. The highest BCUT2D eigenvalue weighted by Crippen LogP contribution is 2.22. The minimum atomic E-state index is -0.0389. The molecule has 0 radical (unpaired) electrons. The number of nitrogens with zero attached hydrogens (tertiary/aromatic N) is 2. The smallest absolute Gasteiger partial charge is 0.260 e. The zero-order chi connectivity index (χ0) is 13.0. The number of hydrazine groups is 1. The molecule has 2 N–H and O–H groups in total. The van der Waals surface area contributed by atoms with Crippen molar-refractivity contribution in [3.05, 3.63) is 29.3 Å². The molecular formula is C12H16ClN3O2. The molecule has 18 heavy (non-hydrogen) atoms. The Kier molecular flexibility index (Phi) is 4.41. The number of amides is 1. The molecule has 0 atom stereocenters. The number of piperazine rings is 1. The van der Waals surface area contributed by atoms with E-state index in [1.165, 1.54) is 0 Å². The molecule has 1 aliphatic rings. The number of hydrogen-bond acceptors (Lipinski definition) is 4. The number of halogens is 1. The molecule has 1 fully saturated rings. The molecule has 1 saturated heterocycles. The monoisotopic (exact) mass is 269 g/mol. The number of rotatable bonds is 3. The fourth-order valence-electron chi connectivity index (χ4n) is 1.76. The van der Waals surface area contributed by atoms with Gasteiger partial charge in [-0.2, -0.15) is 0 Å². The van der Waals surface area contributed by atoms with Gasteiger partial charge in [-0.15, -0.1) is 0 Å². The van der Waals surface area contributed by atoms with Crippen LogP contribution in [0.2, 0.25) is 5.02 Å². The van der Waals surface area contributed by atoms with Gasteiger partial charge >= 0.3 is 0 Å². The van der Waals surface area contributed by atoms with Crippen LogP contribution in [-0.2, 0) is 4.79 Å². The highest BCUT2D eigenvalue weighted by molar-refractivity contribution is 6.32. The van der Waals surface area contributed by atoms with Crippen LogP contribution in [0, 0.1) is 0 Å². The van der Waals surface area contributed by atoms with Crippen molar-refractivity contribution in [2.45, 2.75) is 0 Å². The van der Waals surface area contributed by atoms with Crippen molar-refractivity contribution in [3.8, 4) is 5.75 Å². The number of para-hydroxylation sites is 1. The summed E-state index contributed by atoms with van der Waals surface area (Å²) in [5.41, 5.74) is 0. The van der Waals surface area contributed by atoms with Gasteiger partial charge < -0.3 is 9.64 Å². The highest BCUT2D eigenvalue weighted by atomic mass is 35.5. The number of nitrogens with two attached hydrogens (primary N) is 1. The van der Waals surface area contributed by atoms with Crippen molar-refractivity contribution < 1.29 is 9.53 Å². The molecule has 0 spiro atoms. The van der Waals surface area contributed by atoms with Crippen LogP contribution in [0.5, 0.6) is 5.75 Å². The fourth-order valence-corrected chi connectivity index (χ4v) is 1.95. The first kappa shape index (κ1) is 13.1. The van der Waals surface area contributed by atoms with Gasteiger partial charge in [0, 0.05) is 26.2 Å². The quantitative estimate of drug-likeness (QED) is 0.822. The van der Waals surface area contributed by atoms with Crippen LogP contribution in [0.15, 0.2) is 24.3 Å². The van der Waals surface area contributed by atoms with Gasteiger partial charge in [0.05, 0.1) is 5.02 Å². The molecule has 1 amide bonds. The van der Waals surface area contributed by atoms with E-state index in [9.17, 15) is 4.79 Å². The first-order valence-electron chi connectivity index (χ1n) is 5.81. The van der Waals surface area contributed by atoms with Crippen LogP contribution in [0.25, 0.3) is 0 Å². The van der Waals surface area contributed by atoms with E-state index in [2.05, 4.69) is 0 Å². The zero-order valence-corrected chi connectivity index (χ0v) is 10.8. The van der Waals surface area contributed by atoms with Gasteiger partial charge in [-0.05, 0) is 12.1 Å². The second kappa shape index (κ2) is 6.04. The summed E-state index contributed by atoms with van der Waals surface area (Å²) in [5, 5.41) is 2.22. The maximum absolute atomic E-state index is 11.9. The molecule has 5 nitrogen and oxygen atoms in total. The van der Waals surface area contributed by atoms with Crippen LogP contribution >= 0.6 is 11.6 Å². The second-order valence-electron chi connectivity index (χ2n) is 4.14. The van der Waals surface area contributed by atoms with Crippen molar-refractivity contribution in [2.75, 3.05) is 32.8 Å². The van der Waals surface area contributed by atoms with Crippen LogP contribution in [0.1, 0.15) is 0 Å². The Hall–Kier alpha value is -1.30. The molecule has 0 aromatic heterocycles. The topological polar surface area (TPSA) is 58.8 Å². The lowest BCUT2D eigenvalue weighted by atomic mass is 10.3. The molecule has 6 heteroatoms. The molecule has 1 aliphatic heterocycles. The van der Waals surface area contributed by atoms with E-state index in [0.717, 1.165) is 0 Å². The van der Waals surface area contributed by atoms with Crippen molar-refractivity contribution in [3.63, 3.8) is 0 Å². The summed E-state index contributed by atoms with van der Waals surface area (Å²) >= 11 is 5.94. The molecule has 1 aromatic carbocycles. The van der Waals surface area contributed by atoms with Gasteiger partial charge in [0.2, 0.25) is 0 Å². The Morgan fingerprint density at radius 3 is 2.61 bits per heavy atom. The predicted octanol–water partition coefficient (Wildman–Crippen LogP) is 0.737. The summed E-state index contributed by atoms with van der Waals surface area (Å²) in [6, 6.07) is 7.11. The SMILES string of the molecule is NN1CCN(C(=O)COc2ccccc2Cl)CC1. The van der Waals surface area contributed by atoms with Crippen LogP contribution in [0.4, 0.5) is 0 Å². The Morgan fingerprint density at radius 2 is 1.94 bits per heavy atom. The Labute approximate surface area is 111 Å². The minimum Gasteiger partial charge on any atom is -0.482 e. The average Bonchev–Trinajstić information content (AvgIpc) is 2.38. The third-order valence-electron chi connectivity index (χ3n) is 2.85. The molecule has 0 saturated carbocycles. The van der Waals surface area contributed by atoms with E-state index in [4.69, 9.17) is 22.2 Å². The average molecular weight is 270 g/mol. The maximum Gasteiger partial charge on any atom is 0.260 e. The Morgan fingerprint density at radius 1 is 1.28 bits per heavy atom. The summed E-state index contributed by atoms with van der Waals surface area (Å²) in [4.78, 5) is 13.6. The third-order valence-corrected chi connectivity index (χ3v) is 3.17. The van der Waals surface area contributed by atoms with E-state index < -0.39 is 0 Å². The van der Waals surface area contributed by atoms with Crippen molar-refractivity contribution in [2.24, 2.45) is 5.84 Å². The lowest BCUT2D eigenvalue weighted by Gasteiger charge is -2.31. The van der Waals surface area contributed by atoms with Gasteiger partial charge in [0.25, 0.3) is 5.91 Å². The van der Waals surface area contributed by atoms with Crippen LogP contribution < -0.4 is 10.6 Å². The summed E-state index contributed by atoms with van der Waals surface area (Å²) < 4.78 is 5.41. The zero-order valence-electron chi connectivity index (χ0n) is 10.0. The van der Waals surface area contributed by atoms with E-state index in [-0.39, 0.29) is 12.5 Å². The number of ether oxygens (including phenoxy) is 1. The van der Waals surface area contributed by atoms with E-state index in [1.807, 2.05) is 12.1 Å². The molecule has 0 unspecified atom stereocenters.